The molecule has 8 heteroatoms. The minimum absolute atomic E-state index is 0.0676. The Morgan fingerprint density at radius 2 is 2.04 bits per heavy atom. The Labute approximate surface area is 164 Å². The van der Waals surface area contributed by atoms with Crippen LogP contribution in [0, 0.1) is 0 Å². The summed E-state index contributed by atoms with van der Waals surface area (Å²) < 4.78 is 7.44. The third-order valence-corrected chi connectivity index (χ3v) is 5.27. The zero-order valence-electron chi connectivity index (χ0n) is 14.8. The Kier molecular flexibility index (Phi) is 4.43. The van der Waals surface area contributed by atoms with E-state index in [0.717, 1.165) is 15.7 Å². The zero-order chi connectivity index (χ0) is 19.1. The second-order valence-electron chi connectivity index (χ2n) is 6.49. The maximum atomic E-state index is 12.3. The fourth-order valence-electron chi connectivity index (χ4n) is 3.22. The summed E-state index contributed by atoms with van der Waals surface area (Å²) in [5.74, 6) is -0.227. The van der Waals surface area contributed by atoms with Crippen molar-refractivity contribution in [3.63, 3.8) is 0 Å². The van der Waals surface area contributed by atoms with Crippen LogP contribution in [0.2, 0.25) is 0 Å². The molecule has 1 aromatic carbocycles. The number of fused-ring (bicyclic) bond motifs is 1. The SMILES string of the molecule is COC(=O)c1nn(-c2cccc(Br)c2)c2ncc(C3CN(C(C)=O)C3)cc12. The molecular weight excluding hydrogens is 412 g/mol. The van der Waals surface area contributed by atoms with Gasteiger partial charge in [0, 0.05) is 36.6 Å². The molecule has 1 amide bonds. The van der Waals surface area contributed by atoms with Crippen LogP contribution in [-0.4, -0.2) is 51.7 Å². The summed E-state index contributed by atoms with van der Waals surface area (Å²) in [7, 11) is 1.33. The van der Waals surface area contributed by atoms with Gasteiger partial charge in [0.05, 0.1) is 18.2 Å². The maximum absolute atomic E-state index is 12.3. The Hall–Kier alpha value is -2.74. The lowest BCUT2D eigenvalue weighted by molar-refractivity contribution is -0.133. The van der Waals surface area contributed by atoms with Crippen molar-refractivity contribution < 1.29 is 14.3 Å². The fourth-order valence-corrected chi connectivity index (χ4v) is 3.61. The van der Waals surface area contributed by atoms with Crippen LogP contribution in [0.3, 0.4) is 0 Å². The van der Waals surface area contributed by atoms with Gasteiger partial charge >= 0.3 is 5.97 Å². The van der Waals surface area contributed by atoms with Gasteiger partial charge in [-0.25, -0.2) is 14.5 Å². The second-order valence-corrected chi connectivity index (χ2v) is 7.41. The van der Waals surface area contributed by atoms with Gasteiger partial charge < -0.3 is 9.64 Å². The lowest BCUT2D eigenvalue weighted by Crippen LogP contribution is -2.47. The predicted molar refractivity (Wildman–Crippen MR) is 103 cm³/mol. The number of benzene rings is 1. The average molecular weight is 429 g/mol. The normalized spacial score (nSPS) is 14.3. The summed E-state index contributed by atoms with van der Waals surface area (Å²) in [4.78, 5) is 30.0. The molecule has 138 valence electrons. The van der Waals surface area contributed by atoms with Gasteiger partial charge in [0.25, 0.3) is 0 Å². The van der Waals surface area contributed by atoms with Gasteiger partial charge in [-0.15, -0.1) is 0 Å². The average Bonchev–Trinajstić information content (AvgIpc) is 2.98. The quantitative estimate of drug-likeness (QED) is 0.599. The van der Waals surface area contributed by atoms with Gasteiger partial charge in [0.15, 0.2) is 11.3 Å². The van der Waals surface area contributed by atoms with Gasteiger partial charge in [-0.2, -0.15) is 5.10 Å². The Morgan fingerprint density at radius 3 is 2.70 bits per heavy atom. The Balaban J connectivity index is 1.80. The number of nitrogens with zero attached hydrogens (tertiary/aromatic N) is 4. The smallest absolute Gasteiger partial charge is 0.359 e. The third-order valence-electron chi connectivity index (χ3n) is 4.77. The molecule has 2 aromatic heterocycles. The molecule has 0 N–H and O–H groups in total. The number of hydrogen-bond acceptors (Lipinski definition) is 5. The van der Waals surface area contributed by atoms with E-state index in [0.29, 0.717) is 24.1 Å². The highest BCUT2D eigenvalue weighted by molar-refractivity contribution is 9.10. The number of carbonyl (C=O) groups is 2. The molecule has 7 nitrogen and oxygen atoms in total. The number of hydrogen-bond donors (Lipinski definition) is 0. The van der Waals surface area contributed by atoms with E-state index >= 15 is 0 Å². The number of amides is 1. The summed E-state index contributed by atoms with van der Waals surface area (Å²) in [5.41, 5.74) is 2.58. The minimum Gasteiger partial charge on any atom is -0.464 e. The van der Waals surface area contributed by atoms with Crippen molar-refractivity contribution in [1.82, 2.24) is 19.7 Å². The lowest BCUT2D eigenvalue weighted by atomic mass is 9.92. The molecule has 1 aliphatic rings. The number of methoxy groups -OCH3 is 1. The summed E-state index contributed by atoms with van der Waals surface area (Å²) in [5, 5.41) is 5.09. The largest absolute Gasteiger partial charge is 0.464 e. The highest BCUT2D eigenvalue weighted by atomic mass is 79.9. The molecule has 0 radical (unpaired) electrons. The number of esters is 1. The molecular formula is C19H17BrN4O3. The summed E-state index contributed by atoms with van der Waals surface area (Å²) >= 11 is 3.45. The first-order valence-corrected chi connectivity index (χ1v) is 9.25. The van der Waals surface area contributed by atoms with E-state index in [2.05, 4.69) is 26.0 Å². The number of ether oxygens (including phenoxy) is 1. The van der Waals surface area contributed by atoms with Gasteiger partial charge in [-0.05, 0) is 29.8 Å². The molecule has 1 aliphatic heterocycles. The van der Waals surface area contributed by atoms with Gasteiger partial charge in [-0.3, -0.25) is 4.79 Å². The van der Waals surface area contributed by atoms with Crippen LogP contribution in [0.4, 0.5) is 0 Å². The highest BCUT2D eigenvalue weighted by Crippen LogP contribution is 2.30. The van der Waals surface area contributed by atoms with Crippen molar-refractivity contribution in [2.75, 3.05) is 20.2 Å². The highest BCUT2D eigenvalue weighted by Gasteiger charge is 2.31. The van der Waals surface area contributed by atoms with Crippen LogP contribution in [0.5, 0.6) is 0 Å². The van der Waals surface area contributed by atoms with E-state index in [1.165, 1.54) is 7.11 Å². The standard InChI is InChI=1S/C19H17BrN4O3/c1-11(25)23-9-13(10-23)12-6-16-17(19(26)27-2)22-24(18(16)21-8-12)15-5-3-4-14(20)7-15/h3-8,13H,9-10H2,1-2H3. The monoisotopic (exact) mass is 428 g/mol. The van der Waals surface area contributed by atoms with E-state index in [9.17, 15) is 9.59 Å². The topological polar surface area (TPSA) is 77.3 Å². The summed E-state index contributed by atoms with van der Waals surface area (Å²) in [6, 6.07) is 9.53. The van der Waals surface area contributed by atoms with Gasteiger partial charge in [0.2, 0.25) is 5.91 Å². The lowest BCUT2D eigenvalue weighted by Gasteiger charge is -2.38. The number of aromatic nitrogens is 3. The Bertz CT molecular complexity index is 1060. The zero-order valence-corrected chi connectivity index (χ0v) is 16.4. The van der Waals surface area contributed by atoms with E-state index in [1.54, 1.807) is 22.7 Å². The fraction of sp³-hybridized carbons (Fsp3) is 0.263. The molecule has 1 saturated heterocycles. The first-order chi connectivity index (χ1) is 13.0. The van der Waals surface area contributed by atoms with Crippen molar-refractivity contribution in [2.24, 2.45) is 0 Å². The van der Waals surface area contributed by atoms with Crippen molar-refractivity contribution in [3.8, 4) is 5.69 Å². The predicted octanol–water partition coefficient (Wildman–Crippen LogP) is 2.92. The van der Waals surface area contributed by atoms with Crippen LogP contribution in [-0.2, 0) is 9.53 Å². The molecule has 3 heterocycles. The molecule has 0 unspecified atom stereocenters. The molecule has 0 bridgehead atoms. The molecule has 0 aliphatic carbocycles. The molecule has 1 fully saturated rings. The van der Waals surface area contributed by atoms with E-state index in [1.807, 2.05) is 30.3 Å². The van der Waals surface area contributed by atoms with Gasteiger partial charge in [-0.1, -0.05) is 22.0 Å². The van der Waals surface area contributed by atoms with Crippen molar-refractivity contribution in [1.29, 1.82) is 0 Å². The van der Waals surface area contributed by atoms with E-state index < -0.39 is 5.97 Å². The first-order valence-electron chi connectivity index (χ1n) is 8.46. The molecule has 4 rings (SSSR count). The number of likely N-dealkylation sites (tertiary alicyclic amines) is 1. The first kappa shape index (κ1) is 17.7. The maximum Gasteiger partial charge on any atom is 0.359 e. The van der Waals surface area contributed by atoms with Crippen LogP contribution < -0.4 is 0 Å². The van der Waals surface area contributed by atoms with Gasteiger partial charge in [0.1, 0.15) is 0 Å². The van der Waals surface area contributed by atoms with E-state index in [-0.39, 0.29) is 17.5 Å². The van der Waals surface area contributed by atoms with Crippen molar-refractivity contribution in [2.45, 2.75) is 12.8 Å². The number of pyridine rings is 1. The van der Waals surface area contributed by atoms with Crippen LogP contribution in [0.1, 0.15) is 28.9 Å². The van der Waals surface area contributed by atoms with E-state index in [4.69, 9.17) is 4.74 Å². The summed E-state index contributed by atoms with van der Waals surface area (Å²) in [6.07, 6.45) is 1.79. The Morgan fingerprint density at radius 1 is 1.26 bits per heavy atom. The number of rotatable bonds is 3. The molecule has 3 aromatic rings. The van der Waals surface area contributed by atoms with Crippen molar-refractivity contribution >= 4 is 38.8 Å². The molecule has 0 saturated carbocycles. The van der Waals surface area contributed by atoms with Crippen molar-refractivity contribution in [3.05, 3.63) is 52.3 Å². The molecule has 0 spiro atoms. The van der Waals surface area contributed by atoms with Crippen LogP contribution in [0.25, 0.3) is 16.7 Å². The summed E-state index contributed by atoms with van der Waals surface area (Å²) in [6.45, 7) is 2.89. The molecule has 0 atom stereocenters. The van der Waals surface area contributed by atoms with Crippen LogP contribution in [0.15, 0.2) is 41.0 Å². The third kappa shape index (κ3) is 3.10. The minimum atomic E-state index is -0.508. The second kappa shape index (κ2) is 6.77. The number of carbonyl (C=O) groups excluding carboxylic acids is 2. The molecule has 27 heavy (non-hydrogen) atoms. The number of halogens is 1. The van der Waals surface area contributed by atoms with Crippen LogP contribution >= 0.6 is 15.9 Å².